The Bertz CT molecular complexity index is 702. The van der Waals surface area contributed by atoms with Crippen LogP contribution in [0.2, 0.25) is 0 Å². The minimum Gasteiger partial charge on any atom is -0.454 e. The predicted molar refractivity (Wildman–Crippen MR) is 102 cm³/mol. The summed E-state index contributed by atoms with van der Waals surface area (Å²) in [6, 6.07) is 4.86. The number of fused-ring (bicyclic) bond motifs is 1. The highest BCUT2D eigenvalue weighted by Crippen LogP contribution is 2.34. The number of hydrogen-bond acceptors (Lipinski definition) is 7. The van der Waals surface area contributed by atoms with Crippen molar-refractivity contribution in [3.63, 3.8) is 0 Å². The van der Waals surface area contributed by atoms with Crippen molar-refractivity contribution in [3.05, 3.63) is 18.2 Å². The Morgan fingerprint density at radius 1 is 1.11 bits per heavy atom. The summed E-state index contributed by atoms with van der Waals surface area (Å²) in [5, 5.41) is 6.10. The van der Waals surface area contributed by atoms with Crippen molar-refractivity contribution in [3.8, 4) is 11.5 Å². The van der Waals surface area contributed by atoms with E-state index in [2.05, 4.69) is 10.6 Å². The second kappa shape index (κ2) is 9.25. The molecule has 8 nitrogen and oxygen atoms in total. The number of rotatable bonds is 7. The maximum Gasteiger partial charge on any atom is 0.324 e. The van der Waals surface area contributed by atoms with Crippen molar-refractivity contribution in [1.29, 1.82) is 0 Å². The van der Waals surface area contributed by atoms with Gasteiger partial charge in [-0.1, -0.05) is 13.8 Å². The summed E-state index contributed by atoms with van der Waals surface area (Å²) in [6.07, 6.45) is 0.795. The summed E-state index contributed by atoms with van der Waals surface area (Å²) in [4.78, 5) is 25.1. The van der Waals surface area contributed by atoms with Gasteiger partial charge >= 0.3 is 5.97 Å². The van der Waals surface area contributed by atoms with Gasteiger partial charge in [0.15, 0.2) is 17.6 Å². The van der Waals surface area contributed by atoms with E-state index in [9.17, 15) is 9.59 Å². The number of esters is 1. The number of benzene rings is 1. The van der Waals surface area contributed by atoms with Gasteiger partial charge in [-0.2, -0.15) is 0 Å². The Morgan fingerprint density at radius 2 is 1.82 bits per heavy atom. The number of hydrogen-bond donors (Lipinski definition) is 2. The van der Waals surface area contributed by atoms with Gasteiger partial charge in [0.25, 0.3) is 5.91 Å². The molecule has 1 saturated heterocycles. The first kappa shape index (κ1) is 20.4. The van der Waals surface area contributed by atoms with Gasteiger partial charge < -0.3 is 29.6 Å². The molecule has 0 unspecified atom stereocenters. The fourth-order valence-electron chi connectivity index (χ4n) is 3.17. The lowest BCUT2D eigenvalue weighted by atomic mass is 10.0. The van der Waals surface area contributed by atoms with Crippen LogP contribution < -0.4 is 20.1 Å². The molecule has 2 N–H and O–H groups in total. The standard InChI is InChI=1S/C20H28N2O6/c1-12(2)18(21-14-6-8-25-9-7-14)20(24)28-13(3)19(23)22-15-4-5-16-17(10-15)27-11-26-16/h4-5,10,12-14,18,21H,6-9,11H2,1-3H3,(H,22,23)/t13-,18+/m0/s1. The fraction of sp³-hybridized carbons (Fsp3) is 0.600. The zero-order valence-corrected chi connectivity index (χ0v) is 16.5. The zero-order chi connectivity index (χ0) is 20.1. The highest BCUT2D eigenvalue weighted by molar-refractivity contribution is 5.95. The Hall–Kier alpha value is -2.32. The molecule has 0 radical (unpaired) electrons. The molecule has 2 atom stereocenters. The first-order chi connectivity index (χ1) is 13.4. The quantitative estimate of drug-likeness (QED) is 0.686. The van der Waals surface area contributed by atoms with Gasteiger partial charge in [0, 0.05) is 31.0 Å². The van der Waals surface area contributed by atoms with Crippen molar-refractivity contribution in [2.45, 2.75) is 51.8 Å². The van der Waals surface area contributed by atoms with Gasteiger partial charge in [0.1, 0.15) is 6.04 Å². The molecule has 0 bridgehead atoms. The van der Waals surface area contributed by atoms with Crippen molar-refractivity contribution < 1.29 is 28.5 Å². The first-order valence-electron chi connectivity index (χ1n) is 9.69. The average Bonchev–Trinajstić information content (AvgIpc) is 3.14. The van der Waals surface area contributed by atoms with E-state index in [1.165, 1.54) is 0 Å². The topological polar surface area (TPSA) is 95.1 Å². The Morgan fingerprint density at radius 3 is 2.54 bits per heavy atom. The summed E-state index contributed by atoms with van der Waals surface area (Å²) >= 11 is 0. The maximum absolute atomic E-state index is 12.6. The van der Waals surface area contributed by atoms with Crippen LogP contribution in [0.4, 0.5) is 5.69 Å². The third-order valence-corrected chi connectivity index (χ3v) is 4.86. The fourth-order valence-corrected chi connectivity index (χ4v) is 3.17. The van der Waals surface area contributed by atoms with E-state index in [4.69, 9.17) is 18.9 Å². The Kier molecular flexibility index (Phi) is 6.74. The minimum absolute atomic E-state index is 0.0412. The van der Waals surface area contributed by atoms with Crippen molar-refractivity contribution in [2.24, 2.45) is 5.92 Å². The molecule has 0 spiro atoms. The molecule has 0 saturated carbocycles. The Labute approximate surface area is 164 Å². The lowest BCUT2D eigenvalue weighted by molar-refractivity contribution is -0.156. The molecule has 1 aromatic rings. The molecule has 154 valence electrons. The first-order valence-corrected chi connectivity index (χ1v) is 9.69. The number of ether oxygens (including phenoxy) is 4. The van der Waals surface area contributed by atoms with Crippen LogP contribution in [0.25, 0.3) is 0 Å². The molecule has 2 heterocycles. The van der Waals surface area contributed by atoms with Gasteiger partial charge in [-0.05, 0) is 37.8 Å². The lowest BCUT2D eigenvalue weighted by Gasteiger charge is -2.30. The van der Waals surface area contributed by atoms with Crippen LogP contribution in [0.5, 0.6) is 11.5 Å². The predicted octanol–water partition coefficient (Wildman–Crippen LogP) is 2.08. The molecule has 1 amide bonds. The van der Waals surface area contributed by atoms with Crippen LogP contribution in [0.3, 0.4) is 0 Å². The van der Waals surface area contributed by atoms with Crippen LogP contribution in [-0.4, -0.2) is 50.1 Å². The van der Waals surface area contributed by atoms with E-state index >= 15 is 0 Å². The summed E-state index contributed by atoms with van der Waals surface area (Å²) < 4.78 is 21.3. The second-order valence-corrected chi connectivity index (χ2v) is 7.41. The average molecular weight is 392 g/mol. The van der Waals surface area contributed by atoms with E-state index < -0.39 is 24.0 Å². The molecule has 1 fully saturated rings. The largest absolute Gasteiger partial charge is 0.454 e. The molecule has 2 aliphatic rings. The summed E-state index contributed by atoms with van der Waals surface area (Å²) in [6.45, 7) is 7.01. The van der Waals surface area contributed by atoms with Crippen LogP contribution in [0, 0.1) is 5.92 Å². The molecule has 1 aromatic carbocycles. The molecular formula is C20H28N2O6. The van der Waals surface area contributed by atoms with Gasteiger partial charge in [-0.3, -0.25) is 9.59 Å². The molecule has 8 heteroatoms. The molecule has 2 aliphatic heterocycles. The van der Waals surface area contributed by atoms with Gasteiger partial charge in [-0.25, -0.2) is 0 Å². The molecule has 3 rings (SSSR count). The van der Waals surface area contributed by atoms with Gasteiger partial charge in [0.2, 0.25) is 6.79 Å². The van der Waals surface area contributed by atoms with E-state index in [1.54, 1.807) is 25.1 Å². The van der Waals surface area contributed by atoms with E-state index in [0.717, 1.165) is 12.8 Å². The van der Waals surface area contributed by atoms with Crippen molar-refractivity contribution >= 4 is 17.6 Å². The van der Waals surface area contributed by atoms with E-state index in [0.29, 0.717) is 30.4 Å². The summed E-state index contributed by atoms with van der Waals surface area (Å²) in [7, 11) is 0. The van der Waals surface area contributed by atoms with Gasteiger partial charge in [-0.15, -0.1) is 0 Å². The zero-order valence-electron chi connectivity index (χ0n) is 16.5. The molecule has 0 aliphatic carbocycles. The molecule has 0 aromatic heterocycles. The van der Waals surface area contributed by atoms with E-state index in [-0.39, 0.29) is 18.8 Å². The highest BCUT2D eigenvalue weighted by atomic mass is 16.7. The monoisotopic (exact) mass is 392 g/mol. The van der Waals surface area contributed by atoms with Crippen LogP contribution in [-0.2, 0) is 19.1 Å². The molecule has 28 heavy (non-hydrogen) atoms. The minimum atomic E-state index is -0.921. The number of carbonyl (C=O) groups excluding carboxylic acids is 2. The summed E-state index contributed by atoms with van der Waals surface area (Å²) in [5.74, 6) is 0.425. The summed E-state index contributed by atoms with van der Waals surface area (Å²) in [5.41, 5.74) is 0.554. The second-order valence-electron chi connectivity index (χ2n) is 7.41. The number of amides is 1. The third kappa shape index (κ3) is 5.14. The van der Waals surface area contributed by atoms with Crippen molar-refractivity contribution in [1.82, 2.24) is 5.32 Å². The normalized spacial score (nSPS) is 18.6. The van der Waals surface area contributed by atoms with Crippen LogP contribution in [0.1, 0.15) is 33.6 Å². The third-order valence-electron chi connectivity index (χ3n) is 4.86. The number of nitrogens with one attached hydrogen (secondary N) is 2. The highest BCUT2D eigenvalue weighted by Gasteiger charge is 2.30. The number of carbonyl (C=O) groups is 2. The lowest BCUT2D eigenvalue weighted by Crippen LogP contribution is -2.50. The van der Waals surface area contributed by atoms with Gasteiger partial charge in [0.05, 0.1) is 0 Å². The van der Waals surface area contributed by atoms with Crippen LogP contribution in [0.15, 0.2) is 18.2 Å². The molecular weight excluding hydrogens is 364 g/mol. The Balaban J connectivity index is 1.54. The number of anilines is 1. The maximum atomic E-state index is 12.6. The van der Waals surface area contributed by atoms with Crippen molar-refractivity contribution in [2.75, 3.05) is 25.3 Å². The van der Waals surface area contributed by atoms with E-state index in [1.807, 2.05) is 13.8 Å². The smallest absolute Gasteiger partial charge is 0.324 e. The van der Waals surface area contributed by atoms with Crippen LogP contribution >= 0.6 is 0 Å². The SMILES string of the molecule is CC(C)[C@@H](NC1CCOCC1)C(=O)O[C@@H](C)C(=O)Nc1ccc2c(c1)OCO2.